The standard InChI is InChI=1S/C24H35I/c25-22-11-9-18-13-17(6-7-20(18)15-22)19-10-12-24-21(14-19)8-5-16-3-1-2-4-23(16)24/h2,4-5,8,16-24H,1,3,6-7,9-15H2. The summed E-state index contributed by atoms with van der Waals surface area (Å²) in [6.07, 6.45) is 27.0. The maximum atomic E-state index is 2.72. The summed E-state index contributed by atoms with van der Waals surface area (Å²) in [7, 11) is 0. The minimum Gasteiger partial charge on any atom is -0.0882 e. The number of alkyl halides is 1. The maximum absolute atomic E-state index is 2.72. The number of halogens is 1. The topological polar surface area (TPSA) is 0 Å². The number of hydrogen-bond acceptors (Lipinski definition) is 0. The molecule has 0 spiro atoms. The van der Waals surface area contributed by atoms with Crippen molar-refractivity contribution in [2.45, 2.75) is 74.6 Å². The molecule has 9 unspecified atom stereocenters. The maximum Gasteiger partial charge on any atom is 0.0112 e. The minimum atomic E-state index is 0.877. The Labute approximate surface area is 168 Å². The molecule has 0 amide bonds. The molecule has 0 aromatic carbocycles. The van der Waals surface area contributed by atoms with Crippen LogP contribution in [0.2, 0.25) is 0 Å². The monoisotopic (exact) mass is 450 g/mol. The van der Waals surface area contributed by atoms with E-state index in [1.165, 1.54) is 38.5 Å². The van der Waals surface area contributed by atoms with E-state index in [0.29, 0.717) is 0 Å². The Kier molecular flexibility index (Phi) is 5.07. The molecule has 0 radical (unpaired) electrons. The van der Waals surface area contributed by atoms with Crippen LogP contribution in [0.1, 0.15) is 70.6 Å². The number of fused-ring (bicyclic) bond motifs is 4. The first-order chi connectivity index (χ1) is 12.3. The van der Waals surface area contributed by atoms with Gasteiger partial charge in [0.15, 0.2) is 0 Å². The van der Waals surface area contributed by atoms with E-state index < -0.39 is 0 Å². The average Bonchev–Trinajstić information content (AvgIpc) is 2.67. The van der Waals surface area contributed by atoms with Gasteiger partial charge < -0.3 is 0 Å². The van der Waals surface area contributed by atoms with Gasteiger partial charge in [-0.05, 0) is 118 Å². The summed E-state index contributed by atoms with van der Waals surface area (Å²) in [6, 6.07) is 0. The van der Waals surface area contributed by atoms with Crippen LogP contribution in [0.3, 0.4) is 0 Å². The first-order valence-electron chi connectivity index (χ1n) is 11.3. The van der Waals surface area contributed by atoms with E-state index in [1.54, 1.807) is 32.1 Å². The summed E-state index contributed by atoms with van der Waals surface area (Å²) >= 11 is 2.72. The Balaban J connectivity index is 1.23. The Morgan fingerprint density at radius 3 is 2.16 bits per heavy atom. The highest BCUT2D eigenvalue weighted by atomic mass is 127. The van der Waals surface area contributed by atoms with Gasteiger partial charge in [-0.1, -0.05) is 46.9 Å². The second-order valence-electron chi connectivity index (χ2n) is 10.0. The summed E-state index contributed by atoms with van der Waals surface area (Å²) in [5, 5.41) is 0. The molecule has 1 heteroatoms. The number of allylic oxidation sites excluding steroid dienone is 4. The lowest BCUT2D eigenvalue weighted by atomic mass is 9.57. The van der Waals surface area contributed by atoms with Crippen LogP contribution in [0.5, 0.6) is 0 Å². The fourth-order valence-corrected chi connectivity index (χ4v) is 8.55. The van der Waals surface area contributed by atoms with E-state index in [-0.39, 0.29) is 0 Å². The quantitative estimate of drug-likeness (QED) is 0.225. The third-order valence-corrected chi connectivity index (χ3v) is 10.0. The van der Waals surface area contributed by atoms with E-state index in [2.05, 4.69) is 46.9 Å². The van der Waals surface area contributed by atoms with Gasteiger partial charge in [-0.2, -0.15) is 0 Å². The summed E-state index contributed by atoms with van der Waals surface area (Å²) in [6.45, 7) is 0. The van der Waals surface area contributed by atoms with Crippen molar-refractivity contribution in [2.24, 2.45) is 47.3 Å². The molecule has 5 aliphatic rings. The lowest BCUT2D eigenvalue weighted by Crippen LogP contribution is -2.39. The fraction of sp³-hybridized carbons (Fsp3) is 0.833. The largest absolute Gasteiger partial charge is 0.0882 e. The summed E-state index contributed by atoms with van der Waals surface area (Å²) < 4.78 is 0.981. The van der Waals surface area contributed by atoms with Gasteiger partial charge in [-0.15, -0.1) is 0 Å². The fourth-order valence-electron chi connectivity index (χ4n) is 7.53. The zero-order valence-electron chi connectivity index (χ0n) is 15.7. The molecular weight excluding hydrogens is 415 g/mol. The first kappa shape index (κ1) is 17.3. The minimum absolute atomic E-state index is 0.877. The molecule has 3 saturated carbocycles. The van der Waals surface area contributed by atoms with Crippen LogP contribution in [-0.4, -0.2) is 3.92 Å². The molecule has 0 heterocycles. The highest BCUT2D eigenvalue weighted by Crippen LogP contribution is 2.53. The predicted octanol–water partition coefficient (Wildman–Crippen LogP) is 7.19. The van der Waals surface area contributed by atoms with Gasteiger partial charge >= 0.3 is 0 Å². The van der Waals surface area contributed by atoms with E-state index >= 15 is 0 Å². The summed E-state index contributed by atoms with van der Waals surface area (Å²) in [5.41, 5.74) is 0. The number of rotatable bonds is 1. The lowest BCUT2D eigenvalue weighted by molar-refractivity contribution is 0.0540. The van der Waals surface area contributed by atoms with Crippen LogP contribution in [0.25, 0.3) is 0 Å². The Bertz CT molecular complexity index is 534. The van der Waals surface area contributed by atoms with Gasteiger partial charge in [0.1, 0.15) is 0 Å². The molecule has 0 nitrogen and oxygen atoms in total. The first-order valence-corrected chi connectivity index (χ1v) is 12.5. The SMILES string of the molecule is IC1CCC2CC(C3CCC4C(C=CC5CCC=CC54)C3)CCC2C1. The summed E-state index contributed by atoms with van der Waals surface area (Å²) in [5.74, 6) is 7.95. The molecule has 138 valence electrons. The van der Waals surface area contributed by atoms with Crippen molar-refractivity contribution in [1.29, 1.82) is 0 Å². The van der Waals surface area contributed by atoms with Crippen LogP contribution in [-0.2, 0) is 0 Å². The van der Waals surface area contributed by atoms with E-state index in [0.717, 1.165) is 51.3 Å². The molecule has 3 fully saturated rings. The van der Waals surface area contributed by atoms with Crippen molar-refractivity contribution in [3.8, 4) is 0 Å². The van der Waals surface area contributed by atoms with Crippen molar-refractivity contribution < 1.29 is 0 Å². The van der Waals surface area contributed by atoms with Gasteiger partial charge in [0, 0.05) is 3.92 Å². The zero-order valence-corrected chi connectivity index (χ0v) is 17.8. The third-order valence-electron chi connectivity index (χ3n) is 8.87. The Hall–Kier alpha value is 0.210. The van der Waals surface area contributed by atoms with Gasteiger partial charge in [-0.25, -0.2) is 0 Å². The van der Waals surface area contributed by atoms with Crippen molar-refractivity contribution in [2.75, 3.05) is 0 Å². The van der Waals surface area contributed by atoms with Crippen molar-refractivity contribution >= 4 is 22.6 Å². The molecule has 5 rings (SSSR count). The zero-order chi connectivity index (χ0) is 16.8. The summed E-state index contributed by atoms with van der Waals surface area (Å²) in [4.78, 5) is 0. The Morgan fingerprint density at radius 1 is 0.600 bits per heavy atom. The Morgan fingerprint density at radius 2 is 1.28 bits per heavy atom. The van der Waals surface area contributed by atoms with Gasteiger partial charge in [0.2, 0.25) is 0 Å². The normalized spacial score (nSPS) is 52.1. The third kappa shape index (κ3) is 3.41. The van der Waals surface area contributed by atoms with Crippen molar-refractivity contribution in [1.82, 2.24) is 0 Å². The highest BCUT2D eigenvalue weighted by molar-refractivity contribution is 14.1. The molecule has 0 bridgehead atoms. The highest BCUT2D eigenvalue weighted by Gasteiger charge is 2.43. The van der Waals surface area contributed by atoms with Crippen LogP contribution < -0.4 is 0 Å². The van der Waals surface area contributed by atoms with Crippen LogP contribution in [0, 0.1) is 47.3 Å². The van der Waals surface area contributed by atoms with Gasteiger partial charge in [0.25, 0.3) is 0 Å². The number of hydrogen-bond donors (Lipinski definition) is 0. The molecular formula is C24H35I. The molecule has 0 N–H and O–H groups in total. The molecule has 0 aromatic heterocycles. The van der Waals surface area contributed by atoms with Crippen molar-refractivity contribution in [3.63, 3.8) is 0 Å². The molecule has 0 aliphatic heterocycles. The van der Waals surface area contributed by atoms with Gasteiger partial charge in [-0.3, -0.25) is 0 Å². The predicted molar refractivity (Wildman–Crippen MR) is 115 cm³/mol. The molecule has 0 aromatic rings. The van der Waals surface area contributed by atoms with Gasteiger partial charge in [0.05, 0.1) is 0 Å². The van der Waals surface area contributed by atoms with E-state index in [9.17, 15) is 0 Å². The molecule has 25 heavy (non-hydrogen) atoms. The average molecular weight is 450 g/mol. The second kappa shape index (κ2) is 7.32. The molecule has 9 atom stereocenters. The van der Waals surface area contributed by atoms with E-state index in [4.69, 9.17) is 0 Å². The van der Waals surface area contributed by atoms with Crippen molar-refractivity contribution in [3.05, 3.63) is 24.3 Å². The van der Waals surface area contributed by atoms with E-state index in [1.807, 2.05) is 0 Å². The van der Waals surface area contributed by atoms with Crippen LogP contribution in [0.4, 0.5) is 0 Å². The van der Waals surface area contributed by atoms with Crippen LogP contribution in [0.15, 0.2) is 24.3 Å². The molecule has 0 saturated heterocycles. The lowest BCUT2D eigenvalue weighted by Gasteiger charge is -2.48. The smallest absolute Gasteiger partial charge is 0.0112 e. The molecule has 5 aliphatic carbocycles. The van der Waals surface area contributed by atoms with Crippen LogP contribution >= 0.6 is 22.6 Å². The second-order valence-corrected chi connectivity index (χ2v) is 11.8.